The van der Waals surface area contributed by atoms with Crippen LogP contribution >= 0.6 is 15.9 Å². The van der Waals surface area contributed by atoms with Gasteiger partial charge in [0.05, 0.1) is 18.0 Å². The lowest BCUT2D eigenvalue weighted by Crippen LogP contribution is -2.38. The first kappa shape index (κ1) is 26.9. The molecule has 34 heavy (non-hydrogen) atoms. The van der Waals surface area contributed by atoms with Crippen LogP contribution in [0.1, 0.15) is 25.8 Å². The molecule has 0 saturated carbocycles. The first-order valence-corrected chi connectivity index (χ1v) is 11.2. The minimum atomic E-state index is -0.898. The molecule has 182 valence electrons. The van der Waals surface area contributed by atoms with E-state index in [1.165, 1.54) is 18.3 Å². The maximum absolute atomic E-state index is 13.8. The first-order valence-electron chi connectivity index (χ1n) is 10.4. The van der Waals surface area contributed by atoms with Gasteiger partial charge in [-0.3, -0.25) is 14.4 Å². The molecule has 0 saturated heterocycles. The minimum absolute atomic E-state index is 0.0429. The molecule has 11 heteroatoms. The standard InChI is InChI=1S/C23H26BrFN4O5/c1-15(2)33-10-4-9-26-22(31)23(32)29-27-13-16-5-3-6-18(11-16)34-14-21(30)28-20-8-7-17(24)12-19(20)25/h3,5-8,11-13,15H,4,9-10,14H2,1-2H3,(H,26,31)(H,28,30)(H,29,32)/b27-13-. The van der Waals surface area contributed by atoms with Crippen molar-refractivity contribution in [2.45, 2.75) is 26.4 Å². The lowest BCUT2D eigenvalue weighted by atomic mass is 10.2. The van der Waals surface area contributed by atoms with Crippen LogP contribution in [0.2, 0.25) is 0 Å². The van der Waals surface area contributed by atoms with E-state index in [2.05, 4.69) is 37.1 Å². The van der Waals surface area contributed by atoms with Gasteiger partial charge in [0.15, 0.2) is 6.61 Å². The molecule has 0 aliphatic heterocycles. The Morgan fingerprint density at radius 1 is 1.15 bits per heavy atom. The molecule has 0 aliphatic rings. The fraction of sp³-hybridized carbons (Fsp3) is 0.304. The van der Waals surface area contributed by atoms with Crippen LogP contribution < -0.4 is 20.8 Å². The number of halogens is 2. The zero-order chi connectivity index (χ0) is 24.9. The van der Waals surface area contributed by atoms with Gasteiger partial charge in [0.25, 0.3) is 5.91 Å². The molecule has 0 bridgehead atoms. The highest BCUT2D eigenvalue weighted by Crippen LogP contribution is 2.19. The van der Waals surface area contributed by atoms with E-state index >= 15 is 0 Å². The van der Waals surface area contributed by atoms with Crippen LogP contribution in [0, 0.1) is 5.82 Å². The summed E-state index contributed by atoms with van der Waals surface area (Å²) in [4.78, 5) is 35.5. The van der Waals surface area contributed by atoms with Gasteiger partial charge in [-0.1, -0.05) is 28.1 Å². The van der Waals surface area contributed by atoms with Gasteiger partial charge in [-0.2, -0.15) is 5.10 Å². The Balaban J connectivity index is 1.76. The summed E-state index contributed by atoms with van der Waals surface area (Å²) in [5.41, 5.74) is 2.74. The fourth-order valence-corrected chi connectivity index (χ4v) is 2.83. The molecule has 3 N–H and O–H groups in total. The number of anilines is 1. The number of hydrogen-bond acceptors (Lipinski definition) is 6. The normalized spacial score (nSPS) is 10.9. The smallest absolute Gasteiger partial charge is 0.329 e. The quantitative estimate of drug-likeness (QED) is 0.176. The number of carbonyl (C=O) groups is 3. The fourth-order valence-electron chi connectivity index (χ4n) is 2.50. The second-order valence-electron chi connectivity index (χ2n) is 7.26. The van der Waals surface area contributed by atoms with Gasteiger partial charge in [-0.15, -0.1) is 0 Å². The van der Waals surface area contributed by atoms with Crippen molar-refractivity contribution in [3.63, 3.8) is 0 Å². The summed E-state index contributed by atoms with van der Waals surface area (Å²) in [6.45, 7) is 4.28. The molecule has 0 radical (unpaired) electrons. The van der Waals surface area contributed by atoms with E-state index in [-0.39, 0.29) is 18.4 Å². The Kier molecular flexibility index (Phi) is 11.1. The molecule has 0 atom stereocenters. The molecular formula is C23H26BrFN4O5. The zero-order valence-electron chi connectivity index (χ0n) is 18.8. The highest BCUT2D eigenvalue weighted by molar-refractivity contribution is 9.10. The zero-order valence-corrected chi connectivity index (χ0v) is 20.4. The van der Waals surface area contributed by atoms with Gasteiger partial charge >= 0.3 is 11.8 Å². The Bertz CT molecular complexity index is 1030. The van der Waals surface area contributed by atoms with Crippen LogP contribution in [0.4, 0.5) is 10.1 Å². The monoisotopic (exact) mass is 536 g/mol. The molecule has 0 aliphatic carbocycles. The Morgan fingerprint density at radius 3 is 2.68 bits per heavy atom. The first-order chi connectivity index (χ1) is 16.2. The van der Waals surface area contributed by atoms with Gasteiger partial charge < -0.3 is 20.1 Å². The van der Waals surface area contributed by atoms with Crippen molar-refractivity contribution in [2.24, 2.45) is 5.10 Å². The van der Waals surface area contributed by atoms with Crippen molar-refractivity contribution >= 4 is 45.6 Å². The topological polar surface area (TPSA) is 118 Å². The van der Waals surface area contributed by atoms with Crippen LogP contribution in [0.3, 0.4) is 0 Å². The van der Waals surface area contributed by atoms with Crippen molar-refractivity contribution in [1.82, 2.24) is 10.7 Å². The second kappa shape index (κ2) is 14.1. The van der Waals surface area contributed by atoms with Crippen LogP contribution in [0.5, 0.6) is 5.75 Å². The molecule has 3 amide bonds. The van der Waals surface area contributed by atoms with Crippen molar-refractivity contribution in [3.8, 4) is 5.75 Å². The number of carbonyl (C=O) groups excluding carboxylic acids is 3. The molecule has 2 aromatic rings. The number of nitrogens with zero attached hydrogens (tertiary/aromatic N) is 1. The molecule has 0 fully saturated rings. The number of rotatable bonds is 11. The van der Waals surface area contributed by atoms with Gasteiger partial charge in [0.2, 0.25) is 0 Å². The van der Waals surface area contributed by atoms with Gasteiger partial charge in [-0.05, 0) is 56.2 Å². The summed E-state index contributed by atoms with van der Waals surface area (Å²) in [6.07, 6.45) is 2.02. The molecule has 9 nitrogen and oxygen atoms in total. The van der Waals surface area contributed by atoms with Gasteiger partial charge in [0, 0.05) is 17.6 Å². The van der Waals surface area contributed by atoms with Gasteiger partial charge in [0.1, 0.15) is 11.6 Å². The average molecular weight is 537 g/mol. The number of amides is 3. The van der Waals surface area contributed by atoms with Crippen LogP contribution in [-0.4, -0.2) is 49.8 Å². The molecular weight excluding hydrogens is 511 g/mol. The van der Waals surface area contributed by atoms with Crippen LogP contribution in [0.15, 0.2) is 52.0 Å². The maximum atomic E-state index is 13.8. The van der Waals surface area contributed by atoms with E-state index in [1.54, 1.807) is 30.3 Å². The van der Waals surface area contributed by atoms with E-state index in [9.17, 15) is 18.8 Å². The predicted octanol–water partition coefficient (Wildman–Crippen LogP) is 2.99. The van der Waals surface area contributed by atoms with Crippen molar-refractivity contribution in [2.75, 3.05) is 25.1 Å². The summed E-state index contributed by atoms with van der Waals surface area (Å²) >= 11 is 3.15. The van der Waals surface area contributed by atoms with Gasteiger partial charge in [-0.25, -0.2) is 9.82 Å². The second-order valence-corrected chi connectivity index (χ2v) is 8.18. The maximum Gasteiger partial charge on any atom is 0.329 e. The highest BCUT2D eigenvalue weighted by Gasteiger charge is 2.11. The minimum Gasteiger partial charge on any atom is -0.484 e. The molecule has 0 aromatic heterocycles. The average Bonchev–Trinajstić information content (AvgIpc) is 2.79. The molecule has 2 aromatic carbocycles. The third kappa shape index (κ3) is 10.1. The summed E-state index contributed by atoms with van der Waals surface area (Å²) in [5.74, 6) is -2.44. The summed E-state index contributed by atoms with van der Waals surface area (Å²) in [6, 6.07) is 10.8. The van der Waals surface area contributed by atoms with Crippen LogP contribution in [0.25, 0.3) is 0 Å². The number of hydrazone groups is 1. The van der Waals surface area contributed by atoms with E-state index in [4.69, 9.17) is 9.47 Å². The van der Waals surface area contributed by atoms with Crippen molar-refractivity contribution in [1.29, 1.82) is 0 Å². The van der Waals surface area contributed by atoms with Crippen LogP contribution in [-0.2, 0) is 19.1 Å². The third-order valence-electron chi connectivity index (χ3n) is 4.08. The van der Waals surface area contributed by atoms with E-state index in [1.807, 2.05) is 13.8 Å². The Morgan fingerprint density at radius 2 is 1.94 bits per heavy atom. The predicted molar refractivity (Wildman–Crippen MR) is 129 cm³/mol. The lowest BCUT2D eigenvalue weighted by molar-refractivity contribution is -0.139. The SMILES string of the molecule is CC(C)OCCCNC(=O)C(=O)N/N=C\c1cccc(OCC(=O)Nc2ccc(Br)cc2F)c1. The molecule has 0 heterocycles. The van der Waals surface area contributed by atoms with Crippen molar-refractivity contribution < 1.29 is 28.2 Å². The Hall–Kier alpha value is -3.31. The molecule has 0 spiro atoms. The number of hydrogen-bond donors (Lipinski definition) is 3. The number of ether oxygens (including phenoxy) is 2. The summed E-state index contributed by atoms with van der Waals surface area (Å²) in [7, 11) is 0. The number of nitrogens with one attached hydrogen (secondary N) is 3. The molecule has 2 rings (SSSR count). The van der Waals surface area contributed by atoms with E-state index in [0.717, 1.165) is 0 Å². The summed E-state index contributed by atoms with van der Waals surface area (Å²) < 4.78 is 25.1. The third-order valence-corrected chi connectivity index (χ3v) is 4.57. The highest BCUT2D eigenvalue weighted by atomic mass is 79.9. The van der Waals surface area contributed by atoms with E-state index in [0.29, 0.717) is 35.4 Å². The Labute approximate surface area is 205 Å². The van der Waals surface area contributed by atoms with Crippen molar-refractivity contribution in [3.05, 3.63) is 58.3 Å². The number of benzene rings is 2. The summed E-state index contributed by atoms with van der Waals surface area (Å²) in [5, 5.41) is 8.65. The largest absolute Gasteiger partial charge is 0.484 e. The lowest BCUT2D eigenvalue weighted by Gasteiger charge is -2.09. The molecule has 0 unspecified atom stereocenters. The van der Waals surface area contributed by atoms with E-state index < -0.39 is 23.5 Å².